The normalized spacial score (nSPS) is 16.4. The first-order chi connectivity index (χ1) is 17.3. The number of carbonyl (C=O) groups excluding carboxylic acids is 2. The summed E-state index contributed by atoms with van der Waals surface area (Å²) in [7, 11) is 0. The van der Waals surface area contributed by atoms with Gasteiger partial charge in [-0.2, -0.15) is 9.78 Å². The third-order valence-electron chi connectivity index (χ3n) is 6.29. The second kappa shape index (κ2) is 10.7. The van der Waals surface area contributed by atoms with Crippen molar-refractivity contribution in [3.63, 3.8) is 0 Å². The Labute approximate surface area is 206 Å². The maximum absolute atomic E-state index is 14.7. The van der Waals surface area contributed by atoms with E-state index in [2.05, 4.69) is 5.10 Å². The summed E-state index contributed by atoms with van der Waals surface area (Å²) < 4.78 is 21.4. The van der Waals surface area contributed by atoms with Crippen molar-refractivity contribution in [3.05, 3.63) is 92.5 Å². The van der Waals surface area contributed by atoms with Gasteiger partial charge in [0.1, 0.15) is 11.5 Å². The van der Waals surface area contributed by atoms with E-state index >= 15 is 0 Å². The summed E-state index contributed by atoms with van der Waals surface area (Å²) in [6, 6.07) is 13.6. The van der Waals surface area contributed by atoms with Gasteiger partial charge in [-0.15, -0.1) is 0 Å². The first kappa shape index (κ1) is 25.0. The average molecular weight is 495 g/mol. The lowest BCUT2D eigenvalue weighted by Gasteiger charge is -2.31. The van der Waals surface area contributed by atoms with Gasteiger partial charge in [-0.05, 0) is 44.4 Å². The SMILES string of the molecule is CCOC(=O)[C@H]1CCCN(C(=O)c2nn(-c3ccccc3F)c(=O)n([C@@H](C)c3ccccc3)c2=O)C1. The number of benzene rings is 2. The molecule has 1 aromatic heterocycles. The van der Waals surface area contributed by atoms with Gasteiger partial charge in [0.25, 0.3) is 11.5 Å². The Kier molecular flexibility index (Phi) is 7.42. The van der Waals surface area contributed by atoms with Gasteiger partial charge in [0.05, 0.1) is 18.6 Å². The number of hydrogen-bond donors (Lipinski definition) is 0. The van der Waals surface area contributed by atoms with Gasteiger partial charge >= 0.3 is 11.7 Å². The van der Waals surface area contributed by atoms with E-state index in [0.29, 0.717) is 24.9 Å². The van der Waals surface area contributed by atoms with Crippen LogP contribution in [0.3, 0.4) is 0 Å². The minimum Gasteiger partial charge on any atom is -0.466 e. The van der Waals surface area contributed by atoms with Crippen molar-refractivity contribution in [3.8, 4) is 5.69 Å². The standard InChI is InChI=1S/C26H27FN4O5/c1-3-36-25(34)19-12-9-15-29(16-19)23(32)22-24(33)30(17(2)18-10-5-4-6-11-18)26(35)31(28-22)21-14-8-7-13-20(21)27/h4-8,10-11,13-14,17,19H,3,9,12,15-16H2,1-2H3/t17-,19-/m0/s1. The number of aromatic nitrogens is 3. The van der Waals surface area contributed by atoms with Gasteiger partial charge in [-0.25, -0.2) is 13.8 Å². The topological polar surface area (TPSA) is 104 Å². The Hall–Kier alpha value is -4.08. The van der Waals surface area contributed by atoms with Gasteiger partial charge in [0, 0.05) is 13.1 Å². The van der Waals surface area contributed by atoms with Crippen molar-refractivity contribution in [2.24, 2.45) is 5.92 Å². The number of carbonyl (C=O) groups is 2. The van der Waals surface area contributed by atoms with Crippen LogP contribution in [0.5, 0.6) is 0 Å². The number of rotatable bonds is 6. The van der Waals surface area contributed by atoms with E-state index in [4.69, 9.17) is 4.74 Å². The first-order valence-corrected chi connectivity index (χ1v) is 11.8. The summed E-state index contributed by atoms with van der Waals surface area (Å²) in [6.07, 6.45) is 1.09. The smallest absolute Gasteiger partial charge is 0.352 e. The van der Waals surface area contributed by atoms with E-state index in [1.54, 1.807) is 44.2 Å². The van der Waals surface area contributed by atoms with Gasteiger partial charge in [-0.3, -0.25) is 14.4 Å². The average Bonchev–Trinajstić information content (AvgIpc) is 2.90. The maximum Gasteiger partial charge on any atom is 0.352 e. The van der Waals surface area contributed by atoms with Crippen LogP contribution in [-0.4, -0.2) is 50.8 Å². The Morgan fingerprint density at radius 2 is 1.81 bits per heavy atom. The lowest BCUT2D eigenvalue weighted by molar-refractivity contribution is -0.149. The van der Waals surface area contributed by atoms with Crippen LogP contribution in [0.25, 0.3) is 5.69 Å². The highest BCUT2D eigenvalue weighted by Crippen LogP contribution is 2.20. The van der Waals surface area contributed by atoms with Crippen LogP contribution in [0.2, 0.25) is 0 Å². The summed E-state index contributed by atoms with van der Waals surface area (Å²) >= 11 is 0. The maximum atomic E-state index is 14.7. The Balaban J connectivity index is 1.84. The minimum atomic E-state index is -0.882. The molecule has 10 heteroatoms. The highest BCUT2D eigenvalue weighted by atomic mass is 19.1. The van der Waals surface area contributed by atoms with Crippen LogP contribution in [0.15, 0.2) is 64.2 Å². The molecule has 0 saturated carbocycles. The number of ether oxygens (including phenoxy) is 1. The molecule has 0 radical (unpaired) electrons. The van der Waals surface area contributed by atoms with Crippen LogP contribution < -0.4 is 11.2 Å². The molecule has 2 atom stereocenters. The van der Waals surface area contributed by atoms with Crippen LogP contribution in [0, 0.1) is 11.7 Å². The molecule has 188 valence electrons. The number of likely N-dealkylation sites (tertiary alicyclic amines) is 1. The van der Waals surface area contributed by atoms with E-state index in [9.17, 15) is 23.6 Å². The van der Waals surface area contributed by atoms with Crippen molar-refractivity contribution in [1.29, 1.82) is 0 Å². The second-order valence-corrected chi connectivity index (χ2v) is 8.60. The second-order valence-electron chi connectivity index (χ2n) is 8.60. The summed E-state index contributed by atoms with van der Waals surface area (Å²) in [5, 5.41) is 4.04. The Morgan fingerprint density at radius 3 is 2.50 bits per heavy atom. The molecular weight excluding hydrogens is 467 g/mol. The van der Waals surface area contributed by atoms with Gasteiger partial charge in [0.2, 0.25) is 5.69 Å². The van der Waals surface area contributed by atoms with Crippen molar-refractivity contribution in [2.45, 2.75) is 32.7 Å². The van der Waals surface area contributed by atoms with Crippen LogP contribution in [0.4, 0.5) is 4.39 Å². The molecule has 1 amide bonds. The zero-order valence-corrected chi connectivity index (χ0v) is 20.1. The molecule has 1 saturated heterocycles. The fraction of sp³-hybridized carbons (Fsp3) is 0.346. The van der Waals surface area contributed by atoms with E-state index < -0.39 is 46.6 Å². The van der Waals surface area contributed by atoms with Crippen LogP contribution in [-0.2, 0) is 9.53 Å². The van der Waals surface area contributed by atoms with Gasteiger partial charge in [0.15, 0.2) is 0 Å². The molecule has 0 spiro atoms. The van der Waals surface area contributed by atoms with Crippen molar-refractivity contribution >= 4 is 11.9 Å². The number of amides is 1. The largest absolute Gasteiger partial charge is 0.466 e. The molecule has 0 aliphatic carbocycles. The summed E-state index contributed by atoms with van der Waals surface area (Å²) in [6.45, 7) is 3.95. The molecule has 1 aliphatic heterocycles. The predicted molar refractivity (Wildman–Crippen MR) is 130 cm³/mol. The zero-order valence-electron chi connectivity index (χ0n) is 20.1. The molecule has 0 N–H and O–H groups in total. The minimum absolute atomic E-state index is 0.0614. The van der Waals surface area contributed by atoms with Gasteiger partial charge < -0.3 is 9.64 Å². The van der Waals surface area contributed by atoms with Crippen molar-refractivity contribution < 1.29 is 18.7 Å². The predicted octanol–water partition coefficient (Wildman–Crippen LogP) is 2.56. The molecule has 1 aliphatic rings. The summed E-state index contributed by atoms with van der Waals surface area (Å²) in [5.74, 6) is -2.39. The van der Waals surface area contributed by atoms with Crippen LogP contribution >= 0.6 is 0 Å². The monoisotopic (exact) mass is 494 g/mol. The molecule has 2 aromatic carbocycles. The molecule has 2 heterocycles. The number of piperidine rings is 1. The molecule has 36 heavy (non-hydrogen) atoms. The van der Waals surface area contributed by atoms with E-state index in [1.165, 1.54) is 23.1 Å². The van der Waals surface area contributed by atoms with Crippen molar-refractivity contribution in [2.75, 3.05) is 19.7 Å². The van der Waals surface area contributed by atoms with E-state index in [-0.39, 0.29) is 18.8 Å². The fourth-order valence-corrected chi connectivity index (χ4v) is 4.39. The highest BCUT2D eigenvalue weighted by molar-refractivity contribution is 5.92. The van der Waals surface area contributed by atoms with Crippen LogP contribution in [0.1, 0.15) is 48.8 Å². The van der Waals surface area contributed by atoms with E-state index in [1.807, 2.05) is 0 Å². The number of para-hydroxylation sites is 1. The number of nitrogens with zero attached hydrogens (tertiary/aromatic N) is 4. The molecular formula is C26H27FN4O5. The highest BCUT2D eigenvalue weighted by Gasteiger charge is 2.33. The Morgan fingerprint density at radius 1 is 1.11 bits per heavy atom. The van der Waals surface area contributed by atoms with Gasteiger partial charge in [-0.1, -0.05) is 42.5 Å². The molecule has 4 rings (SSSR count). The quantitative estimate of drug-likeness (QED) is 0.488. The number of halogens is 1. The van der Waals surface area contributed by atoms with E-state index in [0.717, 1.165) is 15.3 Å². The van der Waals surface area contributed by atoms with Crippen molar-refractivity contribution in [1.82, 2.24) is 19.2 Å². The first-order valence-electron chi connectivity index (χ1n) is 11.8. The lowest BCUT2D eigenvalue weighted by atomic mass is 9.98. The fourth-order valence-electron chi connectivity index (χ4n) is 4.39. The third kappa shape index (κ3) is 4.84. The summed E-state index contributed by atoms with van der Waals surface area (Å²) in [4.78, 5) is 54.1. The Bertz CT molecular complexity index is 1390. The molecule has 1 fully saturated rings. The summed E-state index contributed by atoms with van der Waals surface area (Å²) in [5.41, 5.74) is -1.81. The lowest BCUT2D eigenvalue weighted by Crippen LogP contribution is -2.50. The molecule has 9 nitrogen and oxygen atoms in total. The number of hydrogen-bond acceptors (Lipinski definition) is 6. The molecule has 3 aromatic rings. The molecule has 0 unspecified atom stereocenters. The zero-order chi connectivity index (χ0) is 25.8. The number of esters is 1. The molecule has 0 bridgehead atoms. The third-order valence-corrected chi connectivity index (χ3v) is 6.29.